The summed E-state index contributed by atoms with van der Waals surface area (Å²) in [5, 5.41) is 0. The number of anilines is 1. The van der Waals surface area contributed by atoms with Gasteiger partial charge in [-0.25, -0.2) is 0 Å². The summed E-state index contributed by atoms with van der Waals surface area (Å²) in [7, 11) is 2.04. The van der Waals surface area contributed by atoms with Crippen molar-refractivity contribution in [3.05, 3.63) is 54.4 Å². The van der Waals surface area contributed by atoms with Crippen LogP contribution in [0.3, 0.4) is 0 Å². The Kier molecular flexibility index (Phi) is 1.80. The molecule has 1 aromatic rings. The summed E-state index contributed by atoms with van der Waals surface area (Å²) in [5.41, 5.74) is 6.40. The molecule has 0 atom stereocenters. The van der Waals surface area contributed by atoms with Gasteiger partial charge < -0.3 is 4.90 Å². The molecule has 13 heavy (non-hydrogen) atoms. The van der Waals surface area contributed by atoms with Crippen molar-refractivity contribution in [2.45, 2.75) is 0 Å². The molecule has 0 spiro atoms. The second-order valence-corrected chi connectivity index (χ2v) is 3.03. The number of hydrogen-bond donors (Lipinski definition) is 0. The summed E-state index contributed by atoms with van der Waals surface area (Å²) in [4.78, 5) is 2.09. The van der Waals surface area contributed by atoms with Gasteiger partial charge in [0.05, 0.1) is 0 Å². The fraction of sp³-hybridized carbons (Fsp3) is 0.0833. The second kappa shape index (κ2) is 2.96. The number of hydrogen-bond acceptors (Lipinski definition) is 1. The SMILES string of the molecule is C=C=C1C=CN(C)c2ccccc21. The first kappa shape index (κ1) is 7.90. The maximum absolute atomic E-state index is 3.68. The number of rotatable bonds is 0. The molecule has 1 aliphatic heterocycles. The molecule has 1 aromatic carbocycles. The van der Waals surface area contributed by atoms with Crippen molar-refractivity contribution < 1.29 is 0 Å². The van der Waals surface area contributed by atoms with E-state index in [0.717, 1.165) is 5.57 Å². The molecular formula is C12H11N. The average Bonchev–Trinajstić information content (AvgIpc) is 2.19. The van der Waals surface area contributed by atoms with Crippen molar-refractivity contribution in [3.63, 3.8) is 0 Å². The van der Waals surface area contributed by atoms with Crippen LogP contribution in [0.15, 0.2) is 48.9 Å². The van der Waals surface area contributed by atoms with Crippen LogP contribution in [0, 0.1) is 0 Å². The van der Waals surface area contributed by atoms with Gasteiger partial charge in [-0.15, -0.1) is 5.73 Å². The van der Waals surface area contributed by atoms with E-state index in [1.54, 1.807) is 0 Å². The third-order valence-electron chi connectivity index (χ3n) is 2.23. The lowest BCUT2D eigenvalue weighted by Gasteiger charge is -2.22. The topological polar surface area (TPSA) is 3.24 Å². The Hall–Kier alpha value is -1.72. The smallest absolute Gasteiger partial charge is 0.0489 e. The zero-order chi connectivity index (χ0) is 9.26. The van der Waals surface area contributed by atoms with Crippen molar-refractivity contribution in [1.82, 2.24) is 0 Å². The Labute approximate surface area is 78.3 Å². The predicted molar refractivity (Wildman–Crippen MR) is 56.5 cm³/mol. The molecule has 0 radical (unpaired) electrons. The average molecular weight is 169 g/mol. The Morgan fingerprint density at radius 2 is 2.08 bits per heavy atom. The first-order valence-electron chi connectivity index (χ1n) is 4.23. The maximum Gasteiger partial charge on any atom is 0.0489 e. The van der Waals surface area contributed by atoms with E-state index in [2.05, 4.69) is 29.3 Å². The molecule has 1 heterocycles. The van der Waals surface area contributed by atoms with Crippen LogP contribution in [-0.4, -0.2) is 7.05 Å². The Bertz CT molecular complexity index is 409. The quantitative estimate of drug-likeness (QED) is 0.540. The zero-order valence-electron chi connectivity index (χ0n) is 7.62. The molecule has 0 unspecified atom stereocenters. The van der Waals surface area contributed by atoms with Crippen LogP contribution in [0.5, 0.6) is 0 Å². The molecule has 1 aliphatic rings. The van der Waals surface area contributed by atoms with Crippen molar-refractivity contribution in [3.8, 4) is 0 Å². The Morgan fingerprint density at radius 3 is 2.85 bits per heavy atom. The lowest BCUT2D eigenvalue weighted by molar-refractivity contribution is 1.18. The van der Waals surface area contributed by atoms with Gasteiger partial charge in [0.1, 0.15) is 0 Å². The van der Waals surface area contributed by atoms with E-state index in [0.29, 0.717) is 0 Å². The fourth-order valence-corrected chi connectivity index (χ4v) is 1.52. The molecule has 1 heteroatoms. The summed E-state index contributed by atoms with van der Waals surface area (Å²) in [6, 6.07) is 8.25. The van der Waals surface area contributed by atoms with E-state index < -0.39 is 0 Å². The van der Waals surface area contributed by atoms with Gasteiger partial charge in [-0.05, 0) is 12.1 Å². The molecule has 0 saturated carbocycles. The number of fused-ring (bicyclic) bond motifs is 1. The van der Waals surface area contributed by atoms with Crippen LogP contribution in [0.4, 0.5) is 5.69 Å². The van der Waals surface area contributed by atoms with Crippen molar-refractivity contribution in [1.29, 1.82) is 0 Å². The van der Waals surface area contributed by atoms with Crippen LogP contribution < -0.4 is 4.90 Å². The van der Waals surface area contributed by atoms with Crippen LogP contribution in [0.1, 0.15) is 5.56 Å². The number of allylic oxidation sites excluding steroid dienone is 2. The highest BCUT2D eigenvalue weighted by Crippen LogP contribution is 2.30. The molecule has 0 fully saturated rings. The van der Waals surface area contributed by atoms with E-state index in [4.69, 9.17) is 0 Å². The van der Waals surface area contributed by atoms with E-state index in [-0.39, 0.29) is 0 Å². The normalized spacial score (nSPS) is 13.9. The molecule has 0 amide bonds. The molecule has 0 N–H and O–H groups in total. The molecule has 0 aromatic heterocycles. The van der Waals surface area contributed by atoms with Gasteiger partial charge in [-0.2, -0.15) is 0 Å². The third kappa shape index (κ3) is 1.20. The Morgan fingerprint density at radius 1 is 1.31 bits per heavy atom. The summed E-state index contributed by atoms with van der Waals surface area (Å²) in [6.07, 6.45) is 4.05. The number of para-hydroxylation sites is 1. The zero-order valence-corrected chi connectivity index (χ0v) is 7.62. The van der Waals surface area contributed by atoms with E-state index in [1.807, 2.05) is 31.5 Å². The van der Waals surface area contributed by atoms with Gasteiger partial charge in [0.15, 0.2) is 0 Å². The molecule has 1 nitrogen and oxygen atoms in total. The first-order valence-corrected chi connectivity index (χ1v) is 4.23. The molecular weight excluding hydrogens is 158 g/mol. The minimum absolute atomic E-state index is 1.06. The van der Waals surface area contributed by atoms with E-state index in [1.165, 1.54) is 11.3 Å². The van der Waals surface area contributed by atoms with Gasteiger partial charge in [-0.1, -0.05) is 24.8 Å². The van der Waals surface area contributed by atoms with E-state index in [9.17, 15) is 0 Å². The van der Waals surface area contributed by atoms with Gasteiger partial charge in [0.25, 0.3) is 0 Å². The van der Waals surface area contributed by atoms with Gasteiger partial charge in [0.2, 0.25) is 0 Å². The second-order valence-electron chi connectivity index (χ2n) is 3.03. The standard InChI is InChI=1S/C12H11N/c1-3-10-8-9-13(2)12-7-5-4-6-11(10)12/h4-9H,1H2,2H3. The summed E-state index contributed by atoms with van der Waals surface area (Å²) in [5.74, 6) is 0. The summed E-state index contributed by atoms with van der Waals surface area (Å²) < 4.78 is 0. The highest BCUT2D eigenvalue weighted by molar-refractivity contribution is 5.85. The fourth-order valence-electron chi connectivity index (χ4n) is 1.52. The lowest BCUT2D eigenvalue weighted by atomic mass is 10.0. The van der Waals surface area contributed by atoms with Crippen LogP contribution in [0.2, 0.25) is 0 Å². The highest BCUT2D eigenvalue weighted by atomic mass is 15.1. The highest BCUT2D eigenvalue weighted by Gasteiger charge is 2.11. The summed E-state index contributed by atoms with van der Waals surface area (Å²) >= 11 is 0. The number of benzene rings is 1. The van der Waals surface area contributed by atoms with E-state index >= 15 is 0 Å². The van der Waals surface area contributed by atoms with Crippen LogP contribution in [-0.2, 0) is 0 Å². The van der Waals surface area contributed by atoms with Crippen molar-refractivity contribution >= 4 is 11.3 Å². The van der Waals surface area contributed by atoms with Crippen molar-refractivity contribution in [2.75, 3.05) is 11.9 Å². The van der Waals surface area contributed by atoms with Gasteiger partial charge in [0, 0.05) is 30.1 Å². The number of nitrogens with zero attached hydrogens (tertiary/aromatic N) is 1. The third-order valence-corrected chi connectivity index (χ3v) is 2.23. The van der Waals surface area contributed by atoms with Crippen LogP contribution >= 0.6 is 0 Å². The molecule has 2 rings (SSSR count). The minimum Gasteiger partial charge on any atom is -0.350 e. The van der Waals surface area contributed by atoms with Crippen molar-refractivity contribution in [2.24, 2.45) is 0 Å². The molecule has 64 valence electrons. The van der Waals surface area contributed by atoms with Crippen LogP contribution in [0.25, 0.3) is 5.57 Å². The first-order chi connectivity index (χ1) is 6.33. The Balaban J connectivity index is 2.67. The predicted octanol–water partition coefficient (Wildman–Crippen LogP) is 2.82. The van der Waals surface area contributed by atoms with Gasteiger partial charge >= 0.3 is 0 Å². The maximum atomic E-state index is 3.68. The largest absolute Gasteiger partial charge is 0.350 e. The van der Waals surface area contributed by atoms with Gasteiger partial charge in [-0.3, -0.25) is 0 Å². The lowest BCUT2D eigenvalue weighted by Crippen LogP contribution is -2.12. The molecule has 0 saturated heterocycles. The minimum atomic E-state index is 1.06. The summed E-state index contributed by atoms with van der Waals surface area (Å²) in [6.45, 7) is 3.68. The monoisotopic (exact) mass is 169 g/mol. The molecule has 0 aliphatic carbocycles. The molecule has 0 bridgehead atoms.